The molecule has 0 radical (unpaired) electrons. The van der Waals surface area contributed by atoms with Crippen molar-refractivity contribution in [2.24, 2.45) is 0 Å². The average molecular weight is 413 g/mol. The summed E-state index contributed by atoms with van der Waals surface area (Å²) in [6.07, 6.45) is 0. The Morgan fingerprint density at radius 3 is 2.59 bits per heavy atom. The molecule has 29 heavy (non-hydrogen) atoms. The highest BCUT2D eigenvalue weighted by Gasteiger charge is 2.19. The lowest BCUT2D eigenvalue weighted by atomic mass is 10.2. The molecule has 0 unspecified atom stereocenters. The lowest BCUT2D eigenvalue weighted by molar-refractivity contribution is 0.0769. The number of methoxy groups -OCH3 is 2. The van der Waals surface area contributed by atoms with Crippen LogP contribution >= 0.6 is 11.8 Å². The van der Waals surface area contributed by atoms with Crippen LogP contribution in [0.4, 0.5) is 0 Å². The molecule has 0 spiro atoms. The minimum Gasteiger partial charge on any atom is -0.493 e. The molecule has 7 nitrogen and oxygen atoms in total. The first-order valence-electron chi connectivity index (χ1n) is 9.09. The Labute approximate surface area is 174 Å². The second-order valence-electron chi connectivity index (χ2n) is 6.16. The summed E-state index contributed by atoms with van der Waals surface area (Å²) < 4.78 is 16.3. The number of ether oxygens (including phenoxy) is 2. The first-order chi connectivity index (χ1) is 14.1. The van der Waals surface area contributed by atoms with Gasteiger partial charge in [0, 0.05) is 17.5 Å². The molecule has 3 aromatic rings. The summed E-state index contributed by atoms with van der Waals surface area (Å²) in [4.78, 5) is 15.4. The molecule has 0 saturated carbocycles. The Hall–Kier alpha value is -3.00. The van der Waals surface area contributed by atoms with E-state index >= 15 is 0 Å². The molecule has 1 heterocycles. The monoisotopic (exact) mass is 413 g/mol. The van der Waals surface area contributed by atoms with Gasteiger partial charge in [0.1, 0.15) is 0 Å². The number of nitrogens with zero attached hydrogens (tertiary/aromatic N) is 3. The Morgan fingerprint density at radius 2 is 1.86 bits per heavy atom. The first kappa shape index (κ1) is 20.7. The summed E-state index contributed by atoms with van der Waals surface area (Å²) in [7, 11) is 4.86. The van der Waals surface area contributed by atoms with Crippen LogP contribution in [-0.4, -0.2) is 48.0 Å². The van der Waals surface area contributed by atoms with Crippen LogP contribution in [-0.2, 0) is 6.54 Å². The van der Waals surface area contributed by atoms with Gasteiger partial charge in [-0.05, 0) is 36.1 Å². The van der Waals surface area contributed by atoms with Crippen molar-refractivity contribution in [3.8, 4) is 23.0 Å². The largest absolute Gasteiger partial charge is 0.493 e. The molecule has 8 heteroatoms. The van der Waals surface area contributed by atoms with Gasteiger partial charge in [-0.15, -0.1) is 22.0 Å². The van der Waals surface area contributed by atoms with Crippen molar-refractivity contribution in [2.45, 2.75) is 18.4 Å². The van der Waals surface area contributed by atoms with Gasteiger partial charge in [0.15, 0.2) is 11.5 Å². The number of hydrogen-bond donors (Lipinski definition) is 0. The van der Waals surface area contributed by atoms with Gasteiger partial charge in [0.25, 0.3) is 5.91 Å². The predicted octanol–water partition coefficient (Wildman–Crippen LogP) is 4.14. The molecule has 0 aliphatic rings. The minimum atomic E-state index is -0.0904. The topological polar surface area (TPSA) is 77.7 Å². The van der Waals surface area contributed by atoms with E-state index in [4.69, 9.17) is 13.9 Å². The van der Waals surface area contributed by atoms with Crippen molar-refractivity contribution in [1.29, 1.82) is 0 Å². The molecule has 1 amide bonds. The first-order valence-corrected chi connectivity index (χ1v) is 10.1. The third-order valence-electron chi connectivity index (χ3n) is 4.23. The zero-order valence-corrected chi connectivity index (χ0v) is 17.7. The van der Waals surface area contributed by atoms with Crippen LogP contribution in [0.3, 0.4) is 0 Å². The molecular formula is C21H23N3O4S. The van der Waals surface area contributed by atoms with Gasteiger partial charge in [0.05, 0.1) is 26.3 Å². The van der Waals surface area contributed by atoms with Crippen LogP contribution in [0.1, 0.15) is 23.2 Å². The van der Waals surface area contributed by atoms with E-state index in [9.17, 15) is 4.79 Å². The van der Waals surface area contributed by atoms with Crippen molar-refractivity contribution >= 4 is 17.7 Å². The molecule has 1 aromatic heterocycles. The average Bonchev–Trinajstić information content (AvgIpc) is 3.21. The smallest absolute Gasteiger partial charge is 0.255 e. The van der Waals surface area contributed by atoms with Gasteiger partial charge in [-0.25, -0.2) is 0 Å². The summed E-state index contributed by atoms with van der Waals surface area (Å²) in [6.45, 7) is 2.27. The maximum absolute atomic E-state index is 12.9. The fraction of sp³-hybridized carbons (Fsp3) is 0.286. The van der Waals surface area contributed by atoms with E-state index in [0.29, 0.717) is 34.4 Å². The molecule has 0 N–H and O–H groups in total. The van der Waals surface area contributed by atoms with E-state index in [2.05, 4.69) is 17.1 Å². The molecule has 0 atom stereocenters. The lowest BCUT2D eigenvalue weighted by Gasteiger charge is -2.16. The van der Waals surface area contributed by atoms with E-state index in [-0.39, 0.29) is 12.5 Å². The maximum Gasteiger partial charge on any atom is 0.255 e. The van der Waals surface area contributed by atoms with E-state index in [1.165, 1.54) is 0 Å². The maximum atomic E-state index is 12.9. The summed E-state index contributed by atoms with van der Waals surface area (Å²) in [6, 6.07) is 12.9. The van der Waals surface area contributed by atoms with Crippen molar-refractivity contribution in [3.63, 3.8) is 0 Å². The fourth-order valence-corrected chi connectivity index (χ4v) is 3.61. The van der Waals surface area contributed by atoms with Crippen molar-refractivity contribution < 1.29 is 18.7 Å². The molecule has 0 saturated heterocycles. The highest BCUT2D eigenvalue weighted by Crippen LogP contribution is 2.32. The van der Waals surface area contributed by atoms with Crippen molar-refractivity contribution in [2.75, 3.05) is 27.0 Å². The van der Waals surface area contributed by atoms with Gasteiger partial charge >= 0.3 is 0 Å². The molecule has 0 aliphatic heterocycles. The minimum absolute atomic E-state index is 0.0904. The van der Waals surface area contributed by atoms with Crippen LogP contribution in [0.5, 0.6) is 11.5 Å². The quantitative estimate of drug-likeness (QED) is 0.514. The summed E-state index contributed by atoms with van der Waals surface area (Å²) >= 11 is 1.64. The van der Waals surface area contributed by atoms with Crippen LogP contribution in [0, 0.1) is 0 Å². The molecule has 3 rings (SSSR count). The standard InChI is InChI=1S/C21H23N3O4S/c1-5-29-18-9-7-6-8-15(18)21(25)24(2)13-19-22-23-20(28-19)14-10-11-16(26-3)17(12-14)27-4/h6-12H,5,13H2,1-4H3. The molecule has 0 aliphatic carbocycles. The summed E-state index contributed by atoms with van der Waals surface area (Å²) in [5.41, 5.74) is 1.38. The zero-order chi connectivity index (χ0) is 20.8. The molecule has 0 fully saturated rings. The second-order valence-corrected chi connectivity index (χ2v) is 7.47. The van der Waals surface area contributed by atoms with Gasteiger partial charge in [0.2, 0.25) is 11.8 Å². The van der Waals surface area contributed by atoms with Crippen LogP contribution in [0.2, 0.25) is 0 Å². The normalized spacial score (nSPS) is 10.6. The number of carbonyl (C=O) groups excluding carboxylic acids is 1. The Morgan fingerprint density at radius 1 is 1.10 bits per heavy atom. The molecule has 2 aromatic carbocycles. The van der Waals surface area contributed by atoms with Gasteiger partial charge < -0.3 is 18.8 Å². The number of amides is 1. The third kappa shape index (κ3) is 4.71. The van der Waals surface area contributed by atoms with Gasteiger partial charge in [-0.3, -0.25) is 4.79 Å². The highest BCUT2D eigenvalue weighted by atomic mass is 32.2. The SMILES string of the molecule is CCSc1ccccc1C(=O)N(C)Cc1nnc(-c2ccc(OC)c(OC)c2)o1. The number of rotatable bonds is 8. The van der Waals surface area contributed by atoms with Gasteiger partial charge in [-0.2, -0.15) is 0 Å². The second kappa shape index (κ2) is 9.47. The van der Waals surface area contributed by atoms with E-state index < -0.39 is 0 Å². The predicted molar refractivity (Wildman–Crippen MR) is 111 cm³/mol. The number of aromatic nitrogens is 2. The van der Waals surface area contributed by atoms with E-state index in [0.717, 1.165) is 10.6 Å². The summed E-state index contributed by atoms with van der Waals surface area (Å²) in [5.74, 6) is 2.70. The van der Waals surface area contributed by atoms with Crippen LogP contribution < -0.4 is 9.47 Å². The van der Waals surface area contributed by atoms with Crippen LogP contribution in [0.25, 0.3) is 11.5 Å². The zero-order valence-electron chi connectivity index (χ0n) is 16.8. The van der Waals surface area contributed by atoms with Gasteiger partial charge in [-0.1, -0.05) is 19.1 Å². The Balaban J connectivity index is 1.75. The molecular weight excluding hydrogens is 390 g/mol. The Bertz CT molecular complexity index is 990. The number of carbonyl (C=O) groups is 1. The third-order valence-corrected chi connectivity index (χ3v) is 5.19. The Kier molecular flexibility index (Phi) is 6.77. The number of thioether (sulfide) groups is 1. The molecule has 0 bridgehead atoms. The number of hydrogen-bond acceptors (Lipinski definition) is 7. The van der Waals surface area contributed by atoms with Crippen molar-refractivity contribution in [1.82, 2.24) is 15.1 Å². The lowest BCUT2D eigenvalue weighted by Crippen LogP contribution is -2.26. The van der Waals surface area contributed by atoms with Crippen molar-refractivity contribution in [3.05, 3.63) is 53.9 Å². The van der Waals surface area contributed by atoms with Crippen LogP contribution in [0.15, 0.2) is 51.8 Å². The summed E-state index contributed by atoms with van der Waals surface area (Å²) in [5, 5.41) is 8.17. The van der Waals surface area contributed by atoms with E-state index in [1.54, 1.807) is 50.1 Å². The highest BCUT2D eigenvalue weighted by molar-refractivity contribution is 7.99. The number of benzene rings is 2. The fourth-order valence-electron chi connectivity index (χ4n) is 2.81. The molecule has 152 valence electrons. The van der Waals surface area contributed by atoms with E-state index in [1.807, 2.05) is 30.3 Å².